The van der Waals surface area contributed by atoms with E-state index in [0.717, 1.165) is 37.9 Å². The molecule has 2 aromatic rings. The molecule has 0 spiro atoms. The molecule has 36 heavy (non-hydrogen) atoms. The lowest BCUT2D eigenvalue weighted by Gasteiger charge is -2.34. The van der Waals surface area contributed by atoms with Gasteiger partial charge in [-0.05, 0) is 69.7 Å². The number of carbonyl (C=O) groups is 1. The number of carbonyl (C=O) groups excluding carboxylic acids is 1. The van der Waals surface area contributed by atoms with E-state index in [-0.39, 0.29) is 27.6 Å². The minimum absolute atomic E-state index is 0.0720. The number of nitrogens with one attached hydrogen (secondary N) is 2. The summed E-state index contributed by atoms with van der Waals surface area (Å²) in [7, 11) is -4.20. The first-order valence-electron chi connectivity index (χ1n) is 12.5. The lowest BCUT2D eigenvalue weighted by molar-refractivity contribution is 0.0981. The Kier molecular flexibility index (Phi) is 6.90. The molecule has 1 unspecified atom stereocenters. The highest BCUT2D eigenvalue weighted by atomic mass is 32.2. The summed E-state index contributed by atoms with van der Waals surface area (Å²) in [5.74, 6) is 0.673. The minimum atomic E-state index is -4.20. The predicted molar refractivity (Wildman–Crippen MR) is 143 cm³/mol. The molecule has 1 amide bonds. The highest BCUT2D eigenvalue weighted by molar-refractivity contribution is 7.90. The molecule has 8 nitrogen and oxygen atoms in total. The fraction of sp³-hybridized carbons (Fsp3) is 0.519. The SMILES string of the molecule is C=CCC1CC[C@@H]2CN(c3nc(C(C)(C)C)ccc3C(=O)NS(=O)(=O)c3cccc(n3)N1)C(C)(C)C2. The van der Waals surface area contributed by atoms with Gasteiger partial charge in [0.05, 0.1) is 5.56 Å². The van der Waals surface area contributed by atoms with Crippen molar-refractivity contribution in [1.82, 2.24) is 14.7 Å². The largest absolute Gasteiger partial charge is 0.367 e. The first kappa shape index (κ1) is 26.1. The fourth-order valence-electron chi connectivity index (χ4n) is 5.17. The van der Waals surface area contributed by atoms with Crippen LogP contribution in [0.25, 0.3) is 0 Å². The molecule has 1 fully saturated rings. The van der Waals surface area contributed by atoms with Crippen LogP contribution >= 0.6 is 0 Å². The highest BCUT2D eigenvalue weighted by Gasteiger charge is 2.41. The van der Waals surface area contributed by atoms with Gasteiger partial charge < -0.3 is 10.2 Å². The maximum Gasteiger partial charge on any atom is 0.281 e. The zero-order valence-corrected chi connectivity index (χ0v) is 22.7. The number of fused-ring (bicyclic) bond motifs is 6. The molecule has 194 valence electrons. The van der Waals surface area contributed by atoms with E-state index in [2.05, 4.69) is 61.1 Å². The molecule has 1 saturated heterocycles. The monoisotopic (exact) mass is 511 g/mol. The molecule has 0 saturated carbocycles. The van der Waals surface area contributed by atoms with Crippen molar-refractivity contribution in [3.05, 3.63) is 54.2 Å². The molecule has 2 aromatic heterocycles. The van der Waals surface area contributed by atoms with Gasteiger partial charge in [-0.2, -0.15) is 8.42 Å². The average molecular weight is 512 g/mol. The van der Waals surface area contributed by atoms with Crippen molar-refractivity contribution in [2.24, 2.45) is 5.92 Å². The topological polar surface area (TPSA) is 104 Å². The Morgan fingerprint density at radius 1 is 1.17 bits per heavy atom. The second-order valence-electron chi connectivity index (χ2n) is 11.5. The van der Waals surface area contributed by atoms with Gasteiger partial charge in [0.1, 0.15) is 11.6 Å². The summed E-state index contributed by atoms with van der Waals surface area (Å²) in [6.07, 6.45) is 5.41. The quantitative estimate of drug-likeness (QED) is 0.566. The fourth-order valence-corrected chi connectivity index (χ4v) is 6.11. The third-order valence-electron chi connectivity index (χ3n) is 7.06. The standard InChI is InChI=1S/C27H37N5O3S/c1-7-9-19-13-12-18-16-27(5,6)32(17-18)24-20(14-15-21(29-24)26(2,3)4)25(33)31-36(34,35)23-11-8-10-22(28-19)30-23/h7-8,10-11,14-15,18-19H,1,9,12-13,16-17H2,2-6H3,(H,28,30)(H,31,33)/t18-,19?/m0/s1. The third-order valence-corrected chi connectivity index (χ3v) is 8.29. The van der Waals surface area contributed by atoms with Gasteiger partial charge in [-0.3, -0.25) is 4.79 Å². The molecule has 0 aliphatic carbocycles. The lowest BCUT2D eigenvalue weighted by atomic mass is 9.90. The number of hydrogen-bond acceptors (Lipinski definition) is 7. The summed E-state index contributed by atoms with van der Waals surface area (Å²) in [5.41, 5.74) is 0.616. The molecule has 2 aliphatic heterocycles. The summed E-state index contributed by atoms with van der Waals surface area (Å²) >= 11 is 0. The van der Waals surface area contributed by atoms with Crippen molar-refractivity contribution in [3.63, 3.8) is 0 Å². The van der Waals surface area contributed by atoms with Crippen molar-refractivity contribution < 1.29 is 13.2 Å². The van der Waals surface area contributed by atoms with Crippen LogP contribution in [-0.2, 0) is 15.4 Å². The van der Waals surface area contributed by atoms with Crippen LogP contribution in [-0.4, -0.2) is 42.4 Å². The van der Waals surface area contributed by atoms with E-state index < -0.39 is 15.9 Å². The Labute approximate surface area is 214 Å². The Morgan fingerprint density at radius 3 is 2.61 bits per heavy atom. The van der Waals surface area contributed by atoms with Gasteiger partial charge in [-0.1, -0.05) is 32.9 Å². The van der Waals surface area contributed by atoms with Crippen molar-refractivity contribution in [2.45, 2.75) is 82.3 Å². The van der Waals surface area contributed by atoms with E-state index in [0.29, 0.717) is 17.6 Å². The third kappa shape index (κ3) is 5.40. The second kappa shape index (κ2) is 9.50. The number of rotatable bonds is 2. The molecule has 4 bridgehead atoms. The van der Waals surface area contributed by atoms with Gasteiger partial charge in [0.25, 0.3) is 15.9 Å². The Balaban J connectivity index is 1.85. The predicted octanol–water partition coefficient (Wildman–Crippen LogP) is 4.65. The van der Waals surface area contributed by atoms with Crippen molar-refractivity contribution in [2.75, 3.05) is 16.8 Å². The molecule has 2 atom stereocenters. The second-order valence-corrected chi connectivity index (χ2v) is 13.2. The average Bonchev–Trinajstić information content (AvgIpc) is 3.10. The smallest absolute Gasteiger partial charge is 0.281 e. The summed E-state index contributed by atoms with van der Waals surface area (Å²) < 4.78 is 28.6. The van der Waals surface area contributed by atoms with Crippen LogP contribution < -0.4 is 14.9 Å². The van der Waals surface area contributed by atoms with Gasteiger partial charge in [0.2, 0.25) is 0 Å². The molecule has 4 heterocycles. The molecule has 9 heteroatoms. The summed E-state index contributed by atoms with van der Waals surface area (Å²) in [6.45, 7) is 15.2. The minimum Gasteiger partial charge on any atom is -0.367 e. The number of anilines is 2. The van der Waals surface area contributed by atoms with Crippen molar-refractivity contribution in [1.29, 1.82) is 0 Å². The number of pyridine rings is 2. The summed E-state index contributed by atoms with van der Waals surface area (Å²) in [6, 6.07) is 8.32. The van der Waals surface area contributed by atoms with Crippen LogP contribution in [0.4, 0.5) is 11.6 Å². The van der Waals surface area contributed by atoms with E-state index in [1.165, 1.54) is 6.07 Å². The zero-order valence-electron chi connectivity index (χ0n) is 21.8. The molecular formula is C27H37N5O3S. The van der Waals surface area contributed by atoms with Crippen LogP contribution in [0, 0.1) is 5.92 Å². The normalized spacial score (nSPS) is 23.5. The van der Waals surface area contributed by atoms with Gasteiger partial charge in [0, 0.05) is 29.2 Å². The lowest BCUT2D eigenvalue weighted by Crippen LogP contribution is -2.41. The molecule has 4 rings (SSSR count). The first-order chi connectivity index (χ1) is 16.8. The van der Waals surface area contributed by atoms with Gasteiger partial charge >= 0.3 is 0 Å². The molecular weight excluding hydrogens is 474 g/mol. The van der Waals surface area contributed by atoms with Crippen molar-refractivity contribution in [3.8, 4) is 0 Å². The number of sulfonamides is 1. The van der Waals surface area contributed by atoms with Crippen LogP contribution in [0.1, 0.15) is 76.4 Å². The molecule has 2 aliphatic rings. The van der Waals surface area contributed by atoms with Crippen LogP contribution in [0.3, 0.4) is 0 Å². The molecule has 2 N–H and O–H groups in total. The summed E-state index contributed by atoms with van der Waals surface area (Å²) in [4.78, 5) is 24.9. The Hall–Kier alpha value is -2.94. The van der Waals surface area contributed by atoms with Gasteiger partial charge in [-0.15, -0.1) is 6.58 Å². The Morgan fingerprint density at radius 2 is 1.92 bits per heavy atom. The summed E-state index contributed by atoms with van der Waals surface area (Å²) in [5, 5.41) is 3.16. The maximum atomic E-state index is 13.4. The Bertz CT molecular complexity index is 1270. The number of nitrogens with zero attached hydrogens (tertiary/aromatic N) is 3. The number of hydrogen-bond donors (Lipinski definition) is 2. The van der Waals surface area contributed by atoms with E-state index in [4.69, 9.17) is 4.98 Å². The maximum absolute atomic E-state index is 13.4. The number of aromatic nitrogens is 2. The van der Waals surface area contributed by atoms with Crippen LogP contribution in [0.5, 0.6) is 0 Å². The van der Waals surface area contributed by atoms with E-state index >= 15 is 0 Å². The highest BCUT2D eigenvalue weighted by Crippen LogP contribution is 2.40. The van der Waals surface area contributed by atoms with Crippen LogP contribution in [0.15, 0.2) is 48.0 Å². The van der Waals surface area contributed by atoms with E-state index in [1.807, 2.05) is 12.1 Å². The number of amides is 1. The van der Waals surface area contributed by atoms with Crippen LogP contribution in [0.2, 0.25) is 0 Å². The molecule has 0 radical (unpaired) electrons. The van der Waals surface area contributed by atoms with E-state index in [1.54, 1.807) is 18.2 Å². The molecule has 0 aromatic carbocycles. The van der Waals surface area contributed by atoms with E-state index in [9.17, 15) is 13.2 Å². The van der Waals surface area contributed by atoms with Gasteiger partial charge in [-0.25, -0.2) is 14.7 Å². The van der Waals surface area contributed by atoms with Gasteiger partial charge in [0.15, 0.2) is 5.03 Å². The first-order valence-corrected chi connectivity index (χ1v) is 14.0. The van der Waals surface area contributed by atoms with Crippen molar-refractivity contribution >= 4 is 27.6 Å². The zero-order chi connectivity index (χ0) is 26.3.